The van der Waals surface area contributed by atoms with Crippen LogP contribution in [-0.2, 0) is 31.2 Å². The van der Waals surface area contributed by atoms with E-state index in [1.165, 1.54) is 24.3 Å². The van der Waals surface area contributed by atoms with Crippen molar-refractivity contribution in [3.8, 4) is 0 Å². The van der Waals surface area contributed by atoms with E-state index >= 15 is 0 Å². The molecule has 2 aromatic carbocycles. The van der Waals surface area contributed by atoms with Crippen molar-refractivity contribution >= 4 is 36.9 Å². The van der Waals surface area contributed by atoms with Gasteiger partial charge in [-0.15, -0.1) is 0 Å². The minimum atomic E-state index is -4.49. The smallest absolute Gasteiger partial charge is 0.265 e. The van der Waals surface area contributed by atoms with Gasteiger partial charge in [-0.3, -0.25) is 4.79 Å². The summed E-state index contributed by atoms with van der Waals surface area (Å²) in [4.78, 5) is 11.4. The van der Waals surface area contributed by atoms with Gasteiger partial charge in [-0.2, -0.15) is 0 Å². The number of nitrogens with one attached hydrogen (secondary N) is 1. The number of amides is 1. The minimum Gasteiger partial charge on any atom is -0.461 e. The van der Waals surface area contributed by atoms with E-state index in [2.05, 4.69) is 0 Å². The van der Waals surface area contributed by atoms with Crippen molar-refractivity contribution in [1.82, 2.24) is 4.72 Å². The summed E-state index contributed by atoms with van der Waals surface area (Å²) in [5, 5.41) is 5.71. The van der Waals surface area contributed by atoms with Crippen LogP contribution in [-0.4, -0.2) is 35.0 Å². The average molecular weight is 481 g/mol. The number of nitrogens with two attached hydrogens (primary N) is 1. The van der Waals surface area contributed by atoms with Crippen molar-refractivity contribution in [2.24, 2.45) is 5.14 Å². The fourth-order valence-corrected chi connectivity index (χ4v) is 5.32. The predicted octanol–water partition coefficient (Wildman–Crippen LogP) is 2.56. The molecule has 172 valence electrons. The van der Waals surface area contributed by atoms with Crippen LogP contribution < -0.4 is 9.86 Å². The van der Waals surface area contributed by atoms with Crippen molar-refractivity contribution in [3.63, 3.8) is 0 Å². The maximum absolute atomic E-state index is 12.7. The summed E-state index contributed by atoms with van der Waals surface area (Å²) in [6.45, 7) is 6.31. The second kappa shape index (κ2) is 8.66. The van der Waals surface area contributed by atoms with Crippen LogP contribution >= 0.6 is 0 Å². The van der Waals surface area contributed by atoms with Gasteiger partial charge in [-0.05, 0) is 57.2 Å². The second-order valence-corrected chi connectivity index (χ2v) is 11.3. The van der Waals surface area contributed by atoms with Crippen LogP contribution in [0.2, 0.25) is 0 Å². The molecule has 1 heterocycles. The number of sulfonamides is 2. The van der Waals surface area contributed by atoms with Gasteiger partial charge in [0.1, 0.15) is 21.1 Å². The Kier molecular flexibility index (Phi) is 6.47. The van der Waals surface area contributed by atoms with Gasteiger partial charge < -0.3 is 9.15 Å². The molecule has 0 unspecified atom stereocenters. The average Bonchev–Trinajstić information content (AvgIpc) is 3.07. The Morgan fingerprint density at radius 2 is 1.69 bits per heavy atom. The molecule has 3 N–H and O–H groups in total. The Bertz CT molecular complexity index is 1370. The van der Waals surface area contributed by atoms with E-state index in [9.17, 15) is 21.6 Å². The van der Waals surface area contributed by atoms with E-state index in [1.807, 2.05) is 25.5 Å². The molecule has 3 rings (SSSR count). The number of benzene rings is 2. The van der Waals surface area contributed by atoms with E-state index in [0.717, 1.165) is 12.1 Å². The third kappa shape index (κ3) is 5.74. The van der Waals surface area contributed by atoms with Gasteiger partial charge >= 0.3 is 0 Å². The van der Waals surface area contributed by atoms with Gasteiger partial charge in [-0.25, -0.2) is 26.7 Å². The van der Waals surface area contributed by atoms with Gasteiger partial charge in [0.2, 0.25) is 10.0 Å². The van der Waals surface area contributed by atoms with Crippen LogP contribution in [0.15, 0.2) is 62.7 Å². The predicted molar refractivity (Wildman–Crippen MR) is 118 cm³/mol. The molecule has 0 aliphatic heterocycles. The molecular weight excluding hydrogens is 456 g/mol. The van der Waals surface area contributed by atoms with Crippen molar-refractivity contribution in [2.45, 2.75) is 42.6 Å². The van der Waals surface area contributed by atoms with Crippen LogP contribution in [0.4, 0.5) is 0 Å². The molecule has 0 bridgehead atoms. The standard InChI is InChI=1S/C21H24N2O7S2/c1-21(2,3)29-11-10-16-13-15-12-14(8-9-17(15)30-16)20(24)23-32(27,28)19-7-5-4-6-18(19)31(22,25)26/h4-9,12-13H,10-11H2,1-3H3,(H,23,24)(H2,22,25,26). The SMILES string of the molecule is CC(C)(C)OCCc1cc2cc(C(=O)NS(=O)(=O)c3ccccc3S(N)(=O)=O)ccc2o1. The number of rotatable bonds is 7. The number of ether oxygens (including phenoxy) is 1. The van der Waals surface area contributed by atoms with Gasteiger partial charge in [0.15, 0.2) is 0 Å². The zero-order chi connectivity index (χ0) is 23.7. The molecule has 0 saturated heterocycles. The summed E-state index contributed by atoms with van der Waals surface area (Å²) < 4.78 is 62.1. The summed E-state index contributed by atoms with van der Waals surface area (Å²) in [5.41, 5.74) is 0.326. The van der Waals surface area contributed by atoms with Crippen molar-refractivity contribution in [3.05, 3.63) is 59.9 Å². The van der Waals surface area contributed by atoms with E-state index < -0.39 is 35.7 Å². The van der Waals surface area contributed by atoms with Crippen LogP contribution in [0.5, 0.6) is 0 Å². The van der Waals surface area contributed by atoms with Crippen molar-refractivity contribution in [2.75, 3.05) is 6.61 Å². The van der Waals surface area contributed by atoms with Gasteiger partial charge in [0.25, 0.3) is 15.9 Å². The summed E-state index contributed by atoms with van der Waals surface area (Å²) in [5.74, 6) is -0.258. The zero-order valence-corrected chi connectivity index (χ0v) is 19.4. The number of hydrogen-bond acceptors (Lipinski definition) is 7. The summed E-state index contributed by atoms with van der Waals surface area (Å²) >= 11 is 0. The molecule has 11 heteroatoms. The lowest BCUT2D eigenvalue weighted by Gasteiger charge is -2.18. The Labute approximate surface area is 186 Å². The molecule has 0 fully saturated rings. The molecule has 9 nitrogen and oxygen atoms in total. The number of hydrogen-bond donors (Lipinski definition) is 2. The molecule has 32 heavy (non-hydrogen) atoms. The Morgan fingerprint density at radius 1 is 1.03 bits per heavy atom. The summed E-state index contributed by atoms with van der Waals surface area (Å²) in [7, 11) is -8.81. The Hall–Kier alpha value is -2.73. The van der Waals surface area contributed by atoms with Crippen LogP contribution in [0.3, 0.4) is 0 Å². The highest BCUT2D eigenvalue weighted by molar-refractivity contribution is 7.92. The first-order valence-corrected chi connectivity index (χ1v) is 12.6. The lowest BCUT2D eigenvalue weighted by atomic mass is 10.1. The van der Waals surface area contributed by atoms with Crippen LogP contribution in [0.25, 0.3) is 11.0 Å². The molecule has 0 aliphatic carbocycles. The first-order chi connectivity index (χ1) is 14.8. The third-order valence-electron chi connectivity index (χ3n) is 4.39. The zero-order valence-electron chi connectivity index (χ0n) is 17.8. The van der Waals surface area contributed by atoms with Gasteiger partial charge in [-0.1, -0.05) is 12.1 Å². The third-order valence-corrected chi connectivity index (χ3v) is 6.87. The lowest BCUT2D eigenvalue weighted by Crippen LogP contribution is -2.32. The number of furan rings is 1. The molecule has 0 saturated carbocycles. The first-order valence-electron chi connectivity index (χ1n) is 9.62. The van der Waals surface area contributed by atoms with Crippen molar-refractivity contribution in [1.29, 1.82) is 0 Å². The fraction of sp³-hybridized carbons (Fsp3) is 0.286. The number of primary sulfonamides is 1. The Morgan fingerprint density at radius 3 is 2.31 bits per heavy atom. The van der Waals surface area contributed by atoms with Crippen LogP contribution in [0, 0.1) is 0 Å². The van der Waals surface area contributed by atoms with Gasteiger partial charge in [0, 0.05) is 17.4 Å². The normalized spacial score (nSPS) is 12.8. The molecular formula is C21H24N2O7S2. The number of fused-ring (bicyclic) bond motifs is 1. The molecule has 0 aliphatic rings. The van der Waals surface area contributed by atoms with E-state index in [-0.39, 0.29) is 11.2 Å². The molecule has 0 spiro atoms. The monoisotopic (exact) mass is 480 g/mol. The molecule has 0 atom stereocenters. The largest absolute Gasteiger partial charge is 0.461 e. The first kappa shape index (κ1) is 23.9. The highest BCUT2D eigenvalue weighted by Crippen LogP contribution is 2.23. The lowest BCUT2D eigenvalue weighted by molar-refractivity contribution is -0.00234. The molecule has 1 aromatic heterocycles. The second-order valence-electron chi connectivity index (χ2n) is 8.10. The quantitative estimate of drug-likeness (QED) is 0.528. The van der Waals surface area contributed by atoms with E-state index in [1.54, 1.807) is 12.1 Å². The van der Waals surface area contributed by atoms with Crippen LogP contribution in [0.1, 0.15) is 36.9 Å². The maximum atomic E-state index is 12.7. The number of carbonyl (C=O) groups is 1. The van der Waals surface area contributed by atoms with Crippen molar-refractivity contribution < 1.29 is 30.8 Å². The highest BCUT2D eigenvalue weighted by atomic mass is 32.2. The number of carbonyl (C=O) groups excluding carboxylic acids is 1. The Balaban J connectivity index is 1.81. The summed E-state index contributed by atoms with van der Waals surface area (Å²) in [6, 6.07) is 11.0. The maximum Gasteiger partial charge on any atom is 0.265 e. The minimum absolute atomic E-state index is 0.0625. The highest BCUT2D eigenvalue weighted by Gasteiger charge is 2.26. The summed E-state index contributed by atoms with van der Waals surface area (Å²) in [6.07, 6.45) is 0.534. The van der Waals surface area contributed by atoms with E-state index in [0.29, 0.717) is 29.8 Å². The molecule has 1 amide bonds. The fourth-order valence-electron chi connectivity index (χ4n) is 2.96. The van der Waals surface area contributed by atoms with Gasteiger partial charge in [0.05, 0.1) is 12.2 Å². The molecule has 0 radical (unpaired) electrons. The van der Waals surface area contributed by atoms with E-state index in [4.69, 9.17) is 14.3 Å². The topological polar surface area (TPSA) is 146 Å². The molecule has 3 aromatic rings.